The molecule has 1 amide bonds. The first-order chi connectivity index (χ1) is 9.47. The van der Waals surface area contributed by atoms with Gasteiger partial charge in [-0.05, 0) is 63.9 Å². The number of carbonyl (C=O) groups excluding carboxylic acids is 1. The van der Waals surface area contributed by atoms with Crippen molar-refractivity contribution in [1.82, 2.24) is 10.2 Å². The van der Waals surface area contributed by atoms with Crippen LogP contribution in [0.25, 0.3) is 0 Å². The Hall–Kier alpha value is -0.870. The monoisotopic (exact) mass is 338 g/mol. The molecule has 1 aliphatic rings. The van der Waals surface area contributed by atoms with E-state index in [1.165, 1.54) is 6.42 Å². The minimum atomic E-state index is 0.123. The molecule has 3 nitrogen and oxygen atoms in total. The maximum atomic E-state index is 12.8. The van der Waals surface area contributed by atoms with E-state index in [9.17, 15) is 4.79 Å². The SMILES string of the molecule is Cc1cc(Br)cc(C(=O)N(CC2CCCN2)C(C)C)c1. The zero-order chi connectivity index (χ0) is 14.7. The zero-order valence-corrected chi connectivity index (χ0v) is 14.0. The Bertz CT molecular complexity index is 461. The van der Waals surface area contributed by atoms with Crippen LogP contribution in [0.4, 0.5) is 0 Å². The summed E-state index contributed by atoms with van der Waals surface area (Å²) in [7, 11) is 0. The fourth-order valence-electron chi connectivity index (χ4n) is 2.70. The van der Waals surface area contributed by atoms with Gasteiger partial charge in [-0.3, -0.25) is 4.79 Å². The third kappa shape index (κ3) is 3.83. The van der Waals surface area contributed by atoms with Gasteiger partial charge in [0, 0.05) is 28.7 Å². The van der Waals surface area contributed by atoms with Gasteiger partial charge in [0.05, 0.1) is 0 Å². The number of carbonyl (C=O) groups is 1. The Morgan fingerprint density at radius 1 is 1.45 bits per heavy atom. The molecule has 1 aromatic rings. The summed E-state index contributed by atoms with van der Waals surface area (Å²) in [5.74, 6) is 0.123. The van der Waals surface area contributed by atoms with Crippen LogP contribution in [0.2, 0.25) is 0 Å². The van der Waals surface area contributed by atoms with Crippen LogP contribution in [-0.2, 0) is 0 Å². The van der Waals surface area contributed by atoms with Crippen molar-refractivity contribution in [1.29, 1.82) is 0 Å². The molecule has 1 fully saturated rings. The Kier molecular flexibility index (Phi) is 5.22. The Labute approximate surface area is 129 Å². The lowest BCUT2D eigenvalue weighted by Crippen LogP contribution is -2.44. The van der Waals surface area contributed by atoms with Crippen LogP contribution in [0.5, 0.6) is 0 Å². The van der Waals surface area contributed by atoms with Gasteiger partial charge in [-0.25, -0.2) is 0 Å². The average Bonchev–Trinajstić information content (AvgIpc) is 2.86. The standard InChI is InChI=1S/C16H23BrN2O/c1-11(2)19(10-15-5-4-6-18-15)16(20)13-7-12(3)8-14(17)9-13/h7-9,11,15,18H,4-6,10H2,1-3H3. The van der Waals surface area contributed by atoms with Crippen LogP contribution in [0.3, 0.4) is 0 Å². The second kappa shape index (κ2) is 6.72. The highest BCUT2D eigenvalue weighted by Gasteiger charge is 2.24. The van der Waals surface area contributed by atoms with E-state index in [4.69, 9.17) is 0 Å². The molecule has 4 heteroatoms. The zero-order valence-electron chi connectivity index (χ0n) is 12.4. The van der Waals surface area contributed by atoms with Gasteiger partial charge in [-0.15, -0.1) is 0 Å². The maximum absolute atomic E-state index is 12.8. The van der Waals surface area contributed by atoms with E-state index >= 15 is 0 Å². The lowest BCUT2D eigenvalue weighted by atomic mass is 10.1. The highest BCUT2D eigenvalue weighted by Crippen LogP contribution is 2.19. The molecule has 1 saturated heterocycles. The van der Waals surface area contributed by atoms with E-state index in [2.05, 4.69) is 35.1 Å². The smallest absolute Gasteiger partial charge is 0.254 e. The molecule has 0 saturated carbocycles. The van der Waals surface area contributed by atoms with Crippen molar-refractivity contribution in [3.63, 3.8) is 0 Å². The summed E-state index contributed by atoms with van der Waals surface area (Å²) in [5.41, 5.74) is 1.87. The van der Waals surface area contributed by atoms with Crippen molar-refractivity contribution >= 4 is 21.8 Å². The number of benzene rings is 1. The number of amides is 1. The molecule has 0 radical (unpaired) electrons. The van der Waals surface area contributed by atoms with Gasteiger partial charge in [-0.1, -0.05) is 15.9 Å². The van der Waals surface area contributed by atoms with Gasteiger partial charge in [-0.2, -0.15) is 0 Å². The molecule has 1 heterocycles. The van der Waals surface area contributed by atoms with Crippen molar-refractivity contribution in [3.05, 3.63) is 33.8 Å². The van der Waals surface area contributed by atoms with E-state index < -0.39 is 0 Å². The number of aryl methyl sites for hydroxylation is 1. The molecule has 1 atom stereocenters. The summed E-state index contributed by atoms with van der Waals surface area (Å²) in [4.78, 5) is 14.7. The molecule has 110 valence electrons. The van der Waals surface area contributed by atoms with Crippen LogP contribution in [-0.4, -0.2) is 36.0 Å². The van der Waals surface area contributed by atoms with Gasteiger partial charge >= 0.3 is 0 Å². The van der Waals surface area contributed by atoms with E-state index in [1.54, 1.807) is 0 Å². The summed E-state index contributed by atoms with van der Waals surface area (Å²) in [6.45, 7) is 8.04. The highest BCUT2D eigenvalue weighted by molar-refractivity contribution is 9.10. The fraction of sp³-hybridized carbons (Fsp3) is 0.562. The summed E-state index contributed by atoms with van der Waals surface area (Å²) in [6, 6.07) is 6.55. The topological polar surface area (TPSA) is 32.3 Å². The number of hydrogen-bond acceptors (Lipinski definition) is 2. The first-order valence-corrected chi connectivity index (χ1v) is 8.08. The molecule has 2 rings (SSSR count). The summed E-state index contributed by atoms with van der Waals surface area (Å²) in [6.07, 6.45) is 2.37. The van der Waals surface area contributed by atoms with Gasteiger partial charge in [0.25, 0.3) is 5.91 Å². The molecule has 1 aliphatic heterocycles. The third-order valence-corrected chi connectivity index (χ3v) is 4.21. The molecular formula is C16H23BrN2O. The number of nitrogens with zero attached hydrogens (tertiary/aromatic N) is 1. The van der Waals surface area contributed by atoms with E-state index in [-0.39, 0.29) is 11.9 Å². The van der Waals surface area contributed by atoms with Crippen molar-refractivity contribution in [3.8, 4) is 0 Å². The second-order valence-corrected chi connectivity index (χ2v) is 6.78. The minimum Gasteiger partial charge on any atom is -0.335 e. The molecule has 1 aromatic carbocycles. The quantitative estimate of drug-likeness (QED) is 0.912. The van der Waals surface area contributed by atoms with E-state index in [0.29, 0.717) is 6.04 Å². The van der Waals surface area contributed by atoms with E-state index in [0.717, 1.165) is 35.1 Å². The number of hydrogen-bond donors (Lipinski definition) is 1. The van der Waals surface area contributed by atoms with Gasteiger partial charge < -0.3 is 10.2 Å². The lowest BCUT2D eigenvalue weighted by Gasteiger charge is -2.30. The molecule has 0 spiro atoms. The van der Waals surface area contributed by atoms with Crippen molar-refractivity contribution < 1.29 is 4.79 Å². The first kappa shape index (κ1) is 15.5. The summed E-state index contributed by atoms with van der Waals surface area (Å²) in [5, 5.41) is 3.47. The Morgan fingerprint density at radius 2 is 2.20 bits per heavy atom. The third-order valence-electron chi connectivity index (χ3n) is 3.75. The lowest BCUT2D eigenvalue weighted by molar-refractivity contribution is 0.0689. The predicted octanol–water partition coefficient (Wildman–Crippen LogP) is 3.36. The average molecular weight is 339 g/mol. The van der Waals surface area contributed by atoms with Crippen LogP contribution in [0.1, 0.15) is 42.6 Å². The first-order valence-electron chi connectivity index (χ1n) is 7.29. The van der Waals surface area contributed by atoms with Crippen LogP contribution in [0, 0.1) is 6.92 Å². The second-order valence-electron chi connectivity index (χ2n) is 5.86. The van der Waals surface area contributed by atoms with Crippen LogP contribution < -0.4 is 5.32 Å². The van der Waals surface area contributed by atoms with Crippen LogP contribution >= 0.6 is 15.9 Å². The Balaban J connectivity index is 2.17. The largest absolute Gasteiger partial charge is 0.335 e. The molecule has 1 unspecified atom stereocenters. The molecule has 0 aromatic heterocycles. The molecule has 1 N–H and O–H groups in total. The molecule has 0 bridgehead atoms. The number of nitrogens with one attached hydrogen (secondary N) is 1. The number of halogens is 1. The van der Waals surface area contributed by atoms with Gasteiger partial charge in [0.15, 0.2) is 0 Å². The molecular weight excluding hydrogens is 316 g/mol. The number of rotatable bonds is 4. The van der Waals surface area contributed by atoms with Gasteiger partial charge in [0.1, 0.15) is 0 Å². The van der Waals surface area contributed by atoms with Gasteiger partial charge in [0.2, 0.25) is 0 Å². The van der Waals surface area contributed by atoms with E-state index in [1.807, 2.05) is 30.0 Å². The Morgan fingerprint density at radius 3 is 2.75 bits per heavy atom. The normalized spacial score (nSPS) is 18.6. The summed E-state index contributed by atoms with van der Waals surface area (Å²) < 4.78 is 0.962. The molecule has 0 aliphatic carbocycles. The predicted molar refractivity (Wildman–Crippen MR) is 86.1 cm³/mol. The summed E-state index contributed by atoms with van der Waals surface area (Å²) >= 11 is 3.47. The molecule has 20 heavy (non-hydrogen) atoms. The minimum absolute atomic E-state index is 0.123. The van der Waals surface area contributed by atoms with Crippen molar-refractivity contribution in [2.45, 2.75) is 45.7 Å². The highest BCUT2D eigenvalue weighted by atomic mass is 79.9. The van der Waals surface area contributed by atoms with Crippen molar-refractivity contribution in [2.75, 3.05) is 13.1 Å². The van der Waals surface area contributed by atoms with Crippen molar-refractivity contribution in [2.24, 2.45) is 0 Å². The van der Waals surface area contributed by atoms with Crippen LogP contribution in [0.15, 0.2) is 22.7 Å². The fourth-order valence-corrected chi connectivity index (χ4v) is 3.31. The maximum Gasteiger partial charge on any atom is 0.254 e.